The van der Waals surface area contributed by atoms with Gasteiger partial charge in [-0.05, 0) is 39.0 Å². The lowest BCUT2D eigenvalue weighted by Crippen LogP contribution is -2.51. The normalized spacial score (nSPS) is 24.3. The highest BCUT2D eigenvalue weighted by Gasteiger charge is 2.41. The zero-order valence-electron chi connectivity index (χ0n) is 11.3. The van der Waals surface area contributed by atoms with Crippen LogP contribution in [-0.4, -0.2) is 29.4 Å². The number of carbonyl (C=O) groups is 1. The van der Waals surface area contributed by atoms with Crippen molar-refractivity contribution in [1.82, 2.24) is 0 Å². The van der Waals surface area contributed by atoms with Gasteiger partial charge in [-0.15, -0.1) is 0 Å². The third-order valence-electron chi connectivity index (χ3n) is 3.31. The summed E-state index contributed by atoms with van der Waals surface area (Å²) < 4.78 is 10.7. The van der Waals surface area contributed by atoms with E-state index < -0.39 is 23.7 Å². The van der Waals surface area contributed by atoms with Gasteiger partial charge in [0, 0.05) is 5.56 Å². The van der Waals surface area contributed by atoms with Crippen LogP contribution in [0.15, 0.2) is 18.2 Å². The number of aliphatic hydroxyl groups excluding tert-OH is 1. The molecule has 0 aliphatic carbocycles. The van der Waals surface area contributed by atoms with Crippen LogP contribution in [-0.2, 0) is 4.74 Å². The van der Waals surface area contributed by atoms with Crippen molar-refractivity contribution in [1.29, 1.82) is 0 Å². The van der Waals surface area contributed by atoms with Gasteiger partial charge in [0.05, 0.1) is 18.2 Å². The number of fused-ring (bicyclic) bond motifs is 1. The lowest BCUT2D eigenvalue weighted by atomic mass is 9.86. The van der Waals surface area contributed by atoms with Crippen molar-refractivity contribution < 1.29 is 19.4 Å². The molecule has 3 N–H and O–H groups in total. The first kappa shape index (κ1) is 13.8. The Labute approximate surface area is 112 Å². The van der Waals surface area contributed by atoms with Gasteiger partial charge in [0.25, 0.3) is 0 Å². The molecule has 2 atom stereocenters. The molecule has 0 fully saturated rings. The van der Waals surface area contributed by atoms with E-state index in [-0.39, 0.29) is 0 Å². The first-order valence-electron chi connectivity index (χ1n) is 6.30. The van der Waals surface area contributed by atoms with Gasteiger partial charge in [0.1, 0.15) is 17.5 Å². The standard InChI is InChI=1S/C14H19NO4/c1-4-18-13(17)8-5-6-10-9(7-8)11(15)12(16)14(2,3)19-10/h5-7,11-12,16H,4,15H2,1-3H3. The molecule has 0 bridgehead atoms. The summed E-state index contributed by atoms with van der Waals surface area (Å²) in [5, 5.41) is 10.1. The molecule has 1 aromatic carbocycles. The van der Waals surface area contributed by atoms with Crippen LogP contribution in [0, 0.1) is 0 Å². The van der Waals surface area contributed by atoms with Gasteiger partial charge < -0.3 is 20.3 Å². The number of hydrogen-bond donors (Lipinski definition) is 2. The molecule has 1 heterocycles. The number of hydrogen-bond acceptors (Lipinski definition) is 5. The Bertz CT molecular complexity index is 498. The minimum Gasteiger partial charge on any atom is -0.485 e. The Morgan fingerprint density at radius 3 is 2.84 bits per heavy atom. The van der Waals surface area contributed by atoms with Crippen LogP contribution >= 0.6 is 0 Å². The van der Waals surface area contributed by atoms with E-state index in [1.165, 1.54) is 0 Å². The van der Waals surface area contributed by atoms with Crippen molar-refractivity contribution in [2.75, 3.05) is 6.61 Å². The van der Waals surface area contributed by atoms with Crippen molar-refractivity contribution in [2.45, 2.75) is 38.5 Å². The highest BCUT2D eigenvalue weighted by Crippen LogP contribution is 2.38. The van der Waals surface area contributed by atoms with Crippen LogP contribution in [0.1, 0.15) is 42.7 Å². The molecule has 0 aromatic heterocycles. The molecule has 104 valence electrons. The van der Waals surface area contributed by atoms with E-state index in [2.05, 4.69) is 0 Å². The maximum atomic E-state index is 11.7. The summed E-state index contributed by atoms with van der Waals surface area (Å²) in [5.41, 5.74) is 6.31. The van der Waals surface area contributed by atoms with Gasteiger partial charge in [0.2, 0.25) is 0 Å². The van der Waals surface area contributed by atoms with E-state index in [1.54, 1.807) is 39.0 Å². The van der Waals surface area contributed by atoms with Crippen LogP contribution in [0.25, 0.3) is 0 Å². The van der Waals surface area contributed by atoms with Crippen LogP contribution in [0.4, 0.5) is 0 Å². The number of nitrogens with two attached hydrogens (primary N) is 1. The van der Waals surface area contributed by atoms with Crippen LogP contribution in [0.3, 0.4) is 0 Å². The molecule has 19 heavy (non-hydrogen) atoms. The zero-order chi connectivity index (χ0) is 14.2. The molecule has 1 aromatic rings. The quantitative estimate of drug-likeness (QED) is 0.790. The molecule has 0 saturated heterocycles. The van der Waals surface area contributed by atoms with E-state index in [9.17, 15) is 9.90 Å². The predicted molar refractivity (Wildman–Crippen MR) is 70.0 cm³/mol. The largest absolute Gasteiger partial charge is 0.485 e. The fourth-order valence-electron chi connectivity index (χ4n) is 2.19. The second-order valence-electron chi connectivity index (χ2n) is 5.15. The van der Waals surface area contributed by atoms with Gasteiger partial charge in [-0.1, -0.05) is 0 Å². The Hall–Kier alpha value is -1.59. The van der Waals surface area contributed by atoms with E-state index in [0.717, 1.165) is 0 Å². The van der Waals surface area contributed by atoms with Gasteiger partial charge in [-0.25, -0.2) is 4.79 Å². The van der Waals surface area contributed by atoms with E-state index in [1.807, 2.05) is 0 Å². The fraction of sp³-hybridized carbons (Fsp3) is 0.500. The third kappa shape index (κ3) is 2.43. The molecule has 0 amide bonds. The Kier molecular flexibility index (Phi) is 3.52. The molecule has 5 nitrogen and oxygen atoms in total. The van der Waals surface area contributed by atoms with E-state index >= 15 is 0 Å². The second kappa shape index (κ2) is 4.83. The Morgan fingerprint density at radius 1 is 1.53 bits per heavy atom. The van der Waals surface area contributed by atoms with Gasteiger partial charge in [-0.2, -0.15) is 0 Å². The van der Waals surface area contributed by atoms with Crippen molar-refractivity contribution >= 4 is 5.97 Å². The number of ether oxygens (including phenoxy) is 2. The monoisotopic (exact) mass is 265 g/mol. The molecule has 0 radical (unpaired) electrons. The molecule has 1 aliphatic heterocycles. The predicted octanol–water partition coefficient (Wildman–Crippen LogP) is 1.40. The van der Waals surface area contributed by atoms with Crippen molar-refractivity contribution in [2.24, 2.45) is 5.73 Å². The summed E-state index contributed by atoms with van der Waals surface area (Å²) in [5.74, 6) is 0.188. The van der Waals surface area contributed by atoms with Crippen LogP contribution < -0.4 is 10.5 Å². The summed E-state index contributed by atoms with van der Waals surface area (Å²) in [4.78, 5) is 11.7. The number of esters is 1. The van der Waals surface area contributed by atoms with Gasteiger partial charge >= 0.3 is 5.97 Å². The summed E-state index contributed by atoms with van der Waals surface area (Å²) in [6.45, 7) is 5.62. The molecular weight excluding hydrogens is 246 g/mol. The highest BCUT2D eigenvalue weighted by molar-refractivity contribution is 5.90. The van der Waals surface area contributed by atoms with E-state index in [4.69, 9.17) is 15.2 Å². The summed E-state index contributed by atoms with van der Waals surface area (Å²) in [6, 6.07) is 4.36. The summed E-state index contributed by atoms with van der Waals surface area (Å²) in [6.07, 6.45) is -0.836. The van der Waals surface area contributed by atoms with Crippen LogP contribution in [0.2, 0.25) is 0 Å². The van der Waals surface area contributed by atoms with Gasteiger partial charge in [0.15, 0.2) is 0 Å². The Balaban J connectivity index is 2.39. The molecular formula is C14H19NO4. The Morgan fingerprint density at radius 2 is 2.21 bits per heavy atom. The maximum absolute atomic E-state index is 11.7. The highest BCUT2D eigenvalue weighted by atomic mass is 16.5. The minimum absolute atomic E-state index is 0.314. The number of aliphatic hydroxyl groups is 1. The number of carbonyl (C=O) groups excluding carboxylic acids is 1. The first-order chi connectivity index (χ1) is 8.86. The topological polar surface area (TPSA) is 81.8 Å². The fourth-order valence-corrected chi connectivity index (χ4v) is 2.19. The van der Waals surface area contributed by atoms with Crippen molar-refractivity contribution in [3.8, 4) is 5.75 Å². The number of benzene rings is 1. The van der Waals surface area contributed by atoms with Gasteiger partial charge in [-0.3, -0.25) is 0 Å². The zero-order valence-corrected chi connectivity index (χ0v) is 11.3. The third-order valence-corrected chi connectivity index (χ3v) is 3.31. The lowest BCUT2D eigenvalue weighted by Gasteiger charge is -2.40. The van der Waals surface area contributed by atoms with E-state index in [0.29, 0.717) is 23.5 Å². The number of rotatable bonds is 2. The van der Waals surface area contributed by atoms with Crippen molar-refractivity contribution in [3.05, 3.63) is 29.3 Å². The molecule has 2 rings (SSSR count). The lowest BCUT2D eigenvalue weighted by molar-refractivity contribution is -0.0572. The van der Waals surface area contributed by atoms with Crippen molar-refractivity contribution in [3.63, 3.8) is 0 Å². The molecule has 1 aliphatic rings. The molecule has 0 saturated carbocycles. The molecule has 0 spiro atoms. The maximum Gasteiger partial charge on any atom is 0.338 e. The SMILES string of the molecule is CCOC(=O)c1ccc2c(c1)C(N)C(O)C(C)(C)O2. The average molecular weight is 265 g/mol. The molecule has 2 unspecified atom stereocenters. The summed E-state index contributed by atoms with van der Waals surface area (Å²) >= 11 is 0. The first-order valence-corrected chi connectivity index (χ1v) is 6.30. The minimum atomic E-state index is -0.836. The smallest absolute Gasteiger partial charge is 0.338 e. The van der Waals surface area contributed by atoms with Crippen LogP contribution in [0.5, 0.6) is 5.75 Å². The molecule has 5 heteroatoms. The second-order valence-corrected chi connectivity index (χ2v) is 5.15. The average Bonchev–Trinajstić information content (AvgIpc) is 2.36. The summed E-state index contributed by atoms with van der Waals surface area (Å²) in [7, 11) is 0.